The number of Topliss-reactive ketones (excluding diaryl/α,β-unsaturated/α-hetero) is 1. The van der Waals surface area contributed by atoms with Crippen molar-refractivity contribution in [1.82, 2.24) is 5.32 Å². The zero-order valence-corrected chi connectivity index (χ0v) is 8.47. The topological polar surface area (TPSA) is 46.2 Å². The summed E-state index contributed by atoms with van der Waals surface area (Å²) in [7, 11) is 1.49. The maximum Gasteiger partial charge on any atom is 0.227 e. The summed E-state index contributed by atoms with van der Waals surface area (Å²) in [6.45, 7) is 0. The molecule has 0 aromatic heterocycles. The average molecular weight is 212 g/mol. The molecule has 1 N–H and O–H groups in total. The Bertz CT molecular complexity index is 363. The van der Waals surface area contributed by atoms with Gasteiger partial charge in [-0.15, -0.1) is 0 Å². The average Bonchev–Trinajstić information content (AvgIpc) is 2.18. The van der Waals surface area contributed by atoms with Gasteiger partial charge < -0.3 is 5.32 Å². The third kappa shape index (κ3) is 2.57. The fraction of sp³-hybridized carbons (Fsp3) is 0.200. The van der Waals surface area contributed by atoms with Crippen LogP contribution in [-0.2, 0) is 4.79 Å². The number of benzene rings is 1. The van der Waals surface area contributed by atoms with Gasteiger partial charge in [-0.3, -0.25) is 9.59 Å². The predicted octanol–water partition coefficient (Wildman–Crippen LogP) is 1.66. The lowest BCUT2D eigenvalue weighted by atomic mass is 10.1. The second-order valence-electron chi connectivity index (χ2n) is 2.75. The molecule has 0 aliphatic heterocycles. The summed E-state index contributed by atoms with van der Waals surface area (Å²) < 4.78 is 0. The number of hydrogen-bond acceptors (Lipinski definition) is 2. The molecule has 0 unspecified atom stereocenters. The summed E-state index contributed by atoms with van der Waals surface area (Å²) in [6.07, 6.45) is -0.166. The Morgan fingerprint density at radius 2 is 2.00 bits per heavy atom. The zero-order valence-electron chi connectivity index (χ0n) is 7.71. The van der Waals surface area contributed by atoms with E-state index in [2.05, 4.69) is 5.32 Å². The number of ketones is 1. The Morgan fingerprint density at radius 1 is 1.36 bits per heavy atom. The van der Waals surface area contributed by atoms with E-state index in [9.17, 15) is 9.59 Å². The van der Waals surface area contributed by atoms with Crippen molar-refractivity contribution in [2.45, 2.75) is 6.42 Å². The van der Waals surface area contributed by atoms with Crippen LogP contribution in [0.2, 0.25) is 5.02 Å². The molecule has 0 fully saturated rings. The molecule has 0 atom stereocenters. The molecule has 4 heteroatoms. The third-order valence-corrected chi connectivity index (χ3v) is 2.10. The van der Waals surface area contributed by atoms with Crippen molar-refractivity contribution in [2.75, 3.05) is 7.05 Å². The van der Waals surface area contributed by atoms with Crippen LogP contribution in [0.25, 0.3) is 0 Å². The summed E-state index contributed by atoms with van der Waals surface area (Å²) in [4.78, 5) is 22.4. The number of amides is 1. The van der Waals surface area contributed by atoms with E-state index >= 15 is 0 Å². The molecule has 0 saturated heterocycles. The lowest BCUT2D eigenvalue weighted by molar-refractivity contribution is -0.119. The van der Waals surface area contributed by atoms with Crippen LogP contribution in [0.15, 0.2) is 24.3 Å². The van der Waals surface area contributed by atoms with Crippen LogP contribution in [0.4, 0.5) is 0 Å². The van der Waals surface area contributed by atoms with Gasteiger partial charge in [0.2, 0.25) is 5.91 Å². The molecule has 0 saturated carbocycles. The summed E-state index contributed by atoms with van der Waals surface area (Å²) >= 11 is 5.79. The van der Waals surface area contributed by atoms with Crippen molar-refractivity contribution in [3.8, 4) is 0 Å². The highest BCUT2D eigenvalue weighted by molar-refractivity contribution is 6.34. The fourth-order valence-electron chi connectivity index (χ4n) is 1.02. The SMILES string of the molecule is CNC(=O)CC(=O)c1ccccc1Cl. The minimum Gasteiger partial charge on any atom is -0.359 e. The Morgan fingerprint density at radius 3 is 2.57 bits per heavy atom. The van der Waals surface area contributed by atoms with E-state index in [1.807, 2.05) is 0 Å². The van der Waals surface area contributed by atoms with Gasteiger partial charge in [0.05, 0.1) is 11.4 Å². The van der Waals surface area contributed by atoms with Gasteiger partial charge in [-0.25, -0.2) is 0 Å². The highest BCUT2D eigenvalue weighted by Gasteiger charge is 2.12. The van der Waals surface area contributed by atoms with Crippen LogP contribution in [0.3, 0.4) is 0 Å². The van der Waals surface area contributed by atoms with Crippen LogP contribution in [0, 0.1) is 0 Å². The first-order valence-corrected chi connectivity index (χ1v) is 4.51. The molecular formula is C10H10ClNO2. The number of hydrogen-bond donors (Lipinski definition) is 1. The molecule has 3 nitrogen and oxygen atoms in total. The van der Waals surface area contributed by atoms with Crippen molar-refractivity contribution < 1.29 is 9.59 Å². The molecule has 0 aliphatic rings. The Hall–Kier alpha value is -1.35. The van der Waals surface area contributed by atoms with Gasteiger partial charge in [0.25, 0.3) is 0 Å². The third-order valence-electron chi connectivity index (χ3n) is 1.77. The predicted molar refractivity (Wildman–Crippen MR) is 54.5 cm³/mol. The van der Waals surface area contributed by atoms with Gasteiger partial charge in [0.15, 0.2) is 5.78 Å². The zero-order chi connectivity index (χ0) is 10.6. The fourth-order valence-corrected chi connectivity index (χ4v) is 1.26. The van der Waals surface area contributed by atoms with Crippen LogP contribution in [0.5, 0.6) is 0 Å². The van der Waals surface area contributed by atoms with Crippen LogP contribution in [-0.4, -0.2) is 18.7 Å². The number of nitrogens with one attached hydrogen (secondary N) is 1. The minimum atomic E-state index is -0.310. The molecule has 74 valence electrons. The molecule has 0 heterocycles. The maximum atomic E-state index is 11.5. The molecule has 0 bridgehead atoms. The van der Waals surface area contributed by atoms with Crippen molar-refractivity contribution >= 4 is 23.3 Å². The normalized spacial score (nSPS) is 9.57. The number of halogens is 1. The smallest absolute Gasteiger partial charge is 0.227 e. The second-order valence-corrected chi connectivity index (χ2v) is 3.16. The van der Waals surface area contributed by atoms with Crippen molar-refractivity contribution in [3.63, 3.8) is 0 Å². The van der Waals surface area contributed by atoms with Gasteiger partial charge in [-0.05, 0) is 12.1 Å². The number of rotatable bonds is 3. The summed E-state index contributed by atoms with van der Waals surface area (Å²) in [5.74, 6) is -0.579. The van der Waals surface area contributed by atoms with E-state index in [-0.39, 0.29) is 18.1 Å². The molecule has 0 spiro atoms. The van der Waals surface area contributed by atoms with Crippen LogP contribution < -0.4 is 5.32 Å². The first-order valence-electron chi connectivity index (χ1n) is 4.13. The number of carbonyl (C=O) groups excluding carboxylic acids is 2. The minimum absolute atomic E-state index is 0.166. The molecule has 1 aromatic carbocycles. The molecule has 0 aliphatic carbocycles. The molecule has 1 aromatic rings. The first kappa shape index (κ1) is 10.7. The first-order chi connectivity index (χ1) is 6.65. The van der Waals surface area contributed by atoms with E-state index < -0.39 is 0 Å². The van der Waals surface area contributed by atoms with Gasteiger partial charge in [-0.2, -0.15) is 0 Å². The van der Waals surface area contributed by atoms with E-state index in [0.29, 0.717) is 10.6 Å². The molecule has 1 amide bonds. The summed E-state index contributed by atoms with van der Waals surface area (Å²) in [6, 6.07) is 6.67. The maximum absolute atomic E-state index is 11.5. The highest BCUT2D eigenvalue weighted by atomic mass is 35.5. The van der Waals surface area contributed by atoms with Crippen molar-refractivity contribution in [2.24, 2.45) is 0 Å². The monoisotopic (exact) mass is 211 g/mol. The summed E-state index contributed by atoms with van der Waals surface area (Å²) in [5, 5.41) is 2.76. The molecule has 1 rings (SSSR count). The van der Waals surface area contributed by atoms with Gasteiger partial charge in [0.1, 0.15) is 0 Å². The number of carbonyl (C=O) groups is 2. The van der Waals surface area contributed by atoms with Gasteiger partial charge in [-0.1, -0.05) is 23.7 Å². The quantitative estimate of drug-likeness (QED) is 0.611. The van der Waals surface area contributed by atoms with E-state index in [4.69, 9.17) is 11.6 Å². The summed E-state index contributed by atoms with van der Waals surface area (Å²) in [5.41, 5.74) is 0.387. The molecular weight excluding hydrogens is 202 g/mol. The molecule has 0 radical (unpaired) electrons. The van der Waals surface area contributed by atoms with Crippen LogP contribution in [0.1, 0.15) is 16.8 Å². The second kappa shape index (κ2) is 4.77. The van der Waals surface area contributed by atoms with E-state index in [1.54, 1.807) is 24.3 Å². The Labute approximate surface area is 87.1 Å². The van der Waals surface area contributed by atoms with E-state index in [0.717, 1.165) is 0 Å². The standard InChI is InChI=1S/C10H10ClNO2/c1-12-10(14)6-9(13)7-4-2-3-5-8(7)11/h2-5H,6H2,1H3,(H,12,14). The Balaban J connectivity index is 2.80. The van der Waals surface area contributed by atoms with Crippen LogP contribution >= 0.6 is 11.6 Å². The van der Waals surface area contributed by atoms with Gasteiger partial charge >= 0.3 is 0 Å². The van der Waals surface area contributed by atoms with E-state index in [1.165, 1.54) is 7.05 Å². The highest BCUT2D eigenvalue weighted by Crippen LogP contribution is 2.16. The Kier molecular flexibility index (Phi) is 3.65. The van der Waals surface area contributed by atoms with Crippen molar-refractivity contribution in [3.05, 3.63) is 34.9 Å². The molecule has 14 heavy (non-hydrogen) atoms. The van der Waals surface area contributed by atoms with Crippen molar-refractivity contribution in [1.29, 1.82) is 0 Å². The van der Waals surface area contributed by atoms with Gasteiger partial charge in [0, 0.05) is 12.6 Å². The lowest BCUT2D eigenvalue weighted by Crippen LogP contribution is -2.21. The largest absolute Gasteiger partial charge is 0.359 e. The lowest BCUT2D eigenvalue weighted by Gasteiger charge is -2.01.